The summed E-state index contributed by atoms with van der Waals surface area (Å²) in [6, 6.07) is 7.66. The van der Waals surface area contributed by atoms with Crippen LogP contribution in [0.15, 0.2) is 24.3 Å². The molecule has 1 aromatic rings. The van der Waals surface area contributed by atoms with Crippen molar-refractivity contribution in [1.29, 1.82) is 0 Å². The van der Waals surface area contributed by atoms with Crippen molar-refractivity contribution in [3.63, 3.8) is 0 Å². The molecule has 0 radical (unpaired) electrons. The predicted octanol–water partition coefficient (Wildman–Crippen LogP) is 2.54. The molecule has 0 bridgehead atoms. The summed E-state index contributed by atoms with van der Waals surface area (Å²) in [6.07, 6.45) is 4.53. The van der Waals surface area contributed by atoms with Gasteiger partial charge in [0.25, 0.3) is 0 Å². The van der Waals surface area contributed by atoms with E-state index in [1.165, 1.54) is 0 Å². The molecule has 3 rings (SSSR count). The monoisotopic (exact) mass is 320 g/mol. The van der Waals surface area contributed by atoms with Gasteiger partial charge in [0.2, 0.25) is 11.8 Å². The van der Waals surface area contributed by atoms with E-state index in [2.05, 4.69) is 5.32 Å². The number of carbonyl (C=O) groups excluding carboxylic acids is 2. The van der Waals surface area contributed by atoms with E-state index in [0.29, 0.717) is 17.9 Å². The molecule has 1 aromatic carbocycles. The van der Waals surface area contributed by atoms with Crippen LogP contribution in [0.2, 0.25) is 5.02 Å². The van der Waals surface area contributed by atoms with Crippen molar-refractivity contribution in [1.82, 2.24) is 10.2 Å². The normalized spacial score (nSPS) is 20.2. The van der Waals surface area contributed by atoms with Crippen LogP contribution < -0.4 is 5.32 Å². The standard InChI is InChI=1S/C17H21ClN2O2/c18-14-3-1-2-13(12-14)4-5-16(22)20-10-8-17(9-11-20)7-6-15(21)19-17/h1-3,12H,4-11H2,(H,19,21). The van der Waals surface area contributed by atoms with E-state index in [1.807, 2.05) is 29.2 Å². The smallest absolute Gasteiger partial charge is 0.222 e. The molecule has 0 aromatic heterocycles. The number of hydrogen-bond acceptors (Lipinski definition) is 2. The Kier molecular flexibility index (Phi) is 4.39. The van der Waals surface area contributed by atoms with E-state index < -0.39 is 0 Å². The molecule has 0 aliphatic carbocycles. The van der Waals surface area contributed by atoms with E-state index in [-0.39, 0.29) is 17.4 Å². The summed E-state index contributed by atoms with van der Waals surface area (Å²) in [5.41, 5.74) is 1.05. The zero-order chi connectivity index (χ0) is 15.6. The Morgan fingerprint density at radius 1 is 1.27 bits per heavy atom. The maximum atomic E-state index is 12.3. The summed E-state index contributed by atoms with van der Waals surface area (Å²) in [5, 5.41) is 3.81. The number of aryl methyl sites for hydroxylation is 1. The first-order valence-corrected chi connectivity index (χ1v) is 8.27. The fourth-order valence-electron chi connectivity index (χ4n) is 3.43. The summed E-state index contributed by atoms with van der Waals surface area (Å²) in [6.45, 7) is 1.49. The van der Waals surface area contributed by atoms with Gasteiger partial charge in [-0.1, -0.05) is 23.7 Å². The number of nitrogens with one attached hydrogen (secondary N) is 1. The second kappa shape index (κ2) is 6.29. The molecule has 1 spiro atoms. The Morgan fingerprint density at radius 3 is 2.68 bits per heavy atom. The van der Waals surface area contributed by atoms with Gasteiger partial charge in [-0.25, -0.2) is 0 Å². The number of carbonyl (C=O) groups is 2. The maximum absolute atomic E-state index is 12.3. The second-order valence-corrected chi connectivity index (χ2v) is 6.78. The van der Waals surface area contributed by atoms with E-state index in [9.17, 15) is 9.59 Å². The maximum Gasteiger partial charge on any atom is 0.222 e. The Hall–Kier alpha value is -1.55. The van der Waals surface area contributed by atoms with E-state index in [4.69, 9.17) is 11.6 Å². The number of rotatable bonds is 3. The number of halogens is 1. The molecule has 2 aliphatic heterocycles. The number of benzene rings is 1. The minimum absolute atomic E-state index is 0.0409. The van der Waals surface area contributed by atoms with Gasteiger partial charge >= 0.3 is 0 Å². The quantitative estimate of drug-likeness (QED) is 0.930. The lowest BCUT2D eigenvalue weighted by Crippen LogP contribution is -2.52. The van der Waals surface area contributed by atoms with Crippen LogP contribution in [0.3, 0.4) is 0 Å². The first kappa shape index (κ1) is 15.3. The van der Waals surface area contributed by atoms with Crippen molar-refractivity contribution < 1.29 is 9.59 Å². The van der Waals surface area contributed by atoms with Crippen LogP contribution in [-0.4, -0.2) is 35.3 Å². The molecular weight excluding hydrogens is 300 g/mol. The molecule has 0 unspecified atom stereocenters. The topological polar surface area (TPSA) is 49.4 Å². The van der Waals surface area contributed by atoms with Crippen LogP contribution in [0.25, 0.3) is 0 Å². The number of piperidine rings is 1. The summed E-state index contributed by atoms with van der Waals surface area (Å²) in [7, 11) is 0. The molecule has 2 heterocycles. The molecule has 2 amide bonds. The largest absolute Gasteiger partial charge is 0.351 e. The van der Waals surface area contributed by atoms with Crippen LogP contribution in [0.1, 0.15) is 37.7 Å². The lowest BCUT2D eigenvalue weighted by molar-refractivity contribution is -0.132. The molecule has 2 saturated heterocycles. The Bertz CT molecular complexity index is 580. The van der Waals surface area contributed by atoms with Crippen LogP contribution in [-0.2, 0) is 16.0 Å². The summed E-state index contributed by atoms with van der Waals surface area (Å²) >= 11 is 5.96. The lowest BCUT2D eigenvalue weighted by atomic mass is 9.86. The predicted molar refractivity (Wildman–Crippen MR) is 85.7 cm³/mol. The average Bonchev–Trinajstić information content (AvgIpc) is 2.86. The molecule has 5 heteroatoms. The highest BCUT2D eigenvalue weighted by Crippen LogP contribution is 2.31. The van der Waals surface area contributed by atoms with E-state index >= 15 is 0 Å². The number of nitrogens with zero attached hydrogens (tertiary/aromatic N) is 1. The SMILES string of the molecule is O=C1CCC2(CCN(C(=O)CCc3cccc(Cl)c3)CC2)N1. The third-order valence-electron chi connectivity index (χ3n) is 4.83. The van der Waals surface area contributed by atoms with Gasteiger partial charge in [-0.05, 0) is 43.4 Å². The fourth-order valence-corrected chi connectivity index (χ4v) is 3.65. The number of likely N-dealkylation sites (tertiary alicyclic amines) is 1. The van der Waals surface area contributed by atoms with Crippen LogP contribution in [0, 0.1) is 0 Å². The van der Waals surface area contributed by atoms with Gasteiger partial charge < -0.3 is 10.2 Å². The van der Waals surface area contributed by atoms with Gasteiger partial charge in [0, 0.05) is 36.5 Å². The molecule has 0 saturated carbocycles. The fraction of sp³-hybridized carbons (Fsp3) is 0.529. The average molecular weight is 321 g/mol. The first-order chi connectivity index (χ1) is 10.6. The van der Waals surface area contributed by atoms with Crippen molar-refractivity contribution in [2.45, 2.75) is 44.1 Å². The van der Waals surface area contributed by atoms with Crippen LogP contribution in [0.5, 0.6) is 0 Å². The Labute approximate surface area is 135 Å². The molecule has 4 nitrogen and oxygen atoms in total. The zero-order valence-electron chi connectivity index (χ0n) is 12.6. The molecule has 0 atom stereocenters. The van der Waals surface area contributed by atoms with Crippen LogP contribution in [0.4, 0.5) is 0 Å². The zero-order valence-corrected chi connectivity index (χ0v) is 13.4. The summed E-state index contributed by atoms with van der Waals surface area (Å²) < 4.78 is 0. The van der Waals surface area contributed by atoms with Gasteiger partial charge in [0.05, 0.1) is 0 Å². The Balaban J connectivity index is 1.49. The molecule has 118 valence electrons. The van der Waals surface area contributed by atoms with Crippen molar-refractivity contribution in [3.8, 4) is 0 Å². The van der Waals surface area contributed by atoms with Gasteiger partial charge in [-0.3, -0.25) is 9.59 Å². The highest BCUT2D eigenvalue weighted by atomic mass is 35.5. The third-order valence-corrected chi connectivity index (χ3v) is 5.06. The molecule has 22 heavy (non-hydrogen) atoms. The minimum Gasteiger partial charge on any atom is -0.351 e. The van der Waals surface area contributed by atoms with Gasteiger partial charge in [0.15, 0.2) is 0 Å². The van der Waals surface area contributed by atoms with E-state index in [1.54, 1.807) is 0 Å². The van der Waals surface area contributed by atoms with Crippen molar-refractivity contribution in [2.24, 2.45) is 0 Å². The first-order valence-electron chi connectivity index (χ1n) is 7.90. The lowest BCUT2D eigenvalue weighted by Gasteiger charge is -2.39. The van der Waals surface area contributed by atoms with Gasteiger partial charge in [-0.2, -0.15) is 0 Å². The summed E-state index contributed by atoms with van der Waals surface area (Å²) in [5.74, 6) is 0.347. The van der Waals surface area contributed by atoms with Crippen LogP contribution >= 0.6 is 11.6 Å². The highest BCUT2D eigenvalue weighted by Gasteiger charge is 2.40. The number of hydrogen-bond donors (Lipinski definition) is 1. The van der Waals surface area contributed by atoms with Gasteiger partial charge in [-0.15, -0.1) is 0 Å². The number of amides is 2. The van der Waals surface area contributed by atoms with Crippen molar-refractivity contribution in [3.05, 3.63) is 34.9 Å². The summed E-state index contributed by atoms with van der Waals surface area (Å²) in [4.78, 5) is 25.7. The van der Waals surface area contributed by atoms with Crippen molar-refractivity contribution in [2.75, 3.05) is 13.1 Å². The molecular formula is C17H21ClN2O2. The third kappa shape index (κ3) is 3.43. The molecule has 1 N–H and O–H groups in total. The molecule has 2 aliphatic rings. The second-order valence-electron chi connectivity index (χ2n) is 6.34. The highest BCUT2D eigenvalue weighted by molar-refractivity contribution is 6.30. The van der Waals surface area contributed by atoms with Crippen molar-refractivity contribution >= 4 is 23.4 Å². The molecule has 2 fully saturated rings. The van der Waals surface area contributed by atoms with Gasteiger partial charge in [0.1, 0.15) is 0 Å². The minimum atomic E-state index is -0.0409. The van der Waals surface area contributed by atoms with E-state index in [0.717, 1.165) is 44.3 Å². The Morgan fingerprint density at radius 2 is 2.05 bits per heavy atom.